The summed E-state index contributed by atoms with van der Waals surface area (Å²) in [6.45, 7) is 0.788. The van der Waals surface area contributed by atoms with Gasteiger partial charge in [-0.05, 0) is 24.2 Å². The van der Waals surface area contributed by atoms with Crippen LogP contribution in [0, 0.1) is 4.77 Å². The van der Waals surface area contributed by atoms with Gasteiger partial charge >= 0.3 is 0 Å². The predicted octanol–water partition coefficient (Wildman–Crippen LogP) is 1.58. The van der Waals surface area contributed by atoms with Crippen molar-refractivity contribution in [3.8, 4) is 0 Å². The fourth-order valence-corrected chi connectivity index (χ4v) is 1.42. The van der Waals surface area contributed by atoms with Crippen LogP contribution in [-0.2, 0) is 13.0 Å². The van der Waals surface area contributed by atoms with Gasteiger partial charge in [-0.3, -0.25) is 0 Å². The number of H-pyrrole nitrogens is 1. The highest BCUT2D eigenvalue weighted by Gasteiger charge is 1.95. The number of aryl methyl sites for hydroxylation is 2. The molecular formula is C9H10N4S. The van der Waals surface area contributed by atoms with Crippen molar-refractivity contribution in [3.63, 3.8) is 0 Å². The molecule has 0 aliphatic heterocycles. The van der Waals surface area contributed by atoms with Gasteiger partial charge in [0, 0.05) is 6.54 Å². The SMILES string of the molecule is S=c1nn[nH]n1CCc1ccccc1. The molecule has 0 bridgehead atoms. The summed E-state index contributed by atoms with van der Waals surface area (Å²) in [4.78, 5) is 0. The first-order chi connectivity index (χ1) is 6.86. The topological polar surface area (TPSA) is 46.5 Å². The molecule has 1 N–H and O–H groups in total. The van der Waals surface area contributed by atoms with Gasteiger partial charge in [-0.2, -0.15) is 5.21 Å². The fraction of sp³-hybridized carbons (Fsp3) is 0.222. The largest absolute Gasteiger partial charge is 0.242 e. The summed E-state index contributed by atoms with van der Waals surface area (Å²) in [7, 11) is 0. The third-order valence-electron chi connectivity index (χ3n) is 2.00. The number of hydrogen-bond donors (Lipinski definition) is 1. The van der Waals surface area contributed by atoms with E-state index in [1.54, 1.807) is 4.68 Å². The summed E-state index contributed by atoms with van der Waals surface area (Å²) < 4.78 is 2.25. The van der Waals surface area contributed by atoms with Gasteiger partial charge in [-0.25, -0.2) is 4.68 Å². The second-order valence-electron chi connectivity index (χ2n) is 2.97. The minimum atomic E-state index is 0.501. The van der Waals surface area contributed by atoms with E-state index in [9.17, 15) is 0 Å². The van der Waals surface area contributed by atoms with Crippen LogP contribution in [0.4, 0.5) is 0 Å². The average Bonchev–Trinajstić information content (AvgIpc) is 2.63. The Morgan fingerprint density at radius 3 is 2.71 bits per heavy atom. The monoisotopic (exact) mass is 206 g/mol. The molecule has 0 fully saturated rings. The molecule has 72 valence electrons. The molecule has 0 saturated heterocycles. The third kappa shape index (κ3) is 2.05. The molecular weight excluding hydrogens is 196 g/mol. The smallest absolute Gasteiger partial charge is 0.238 e. The third-order valence-corrected chi connectivity index (χ3v) is 2.30. The number of benzene rings is 1. The summed E-state index contributed by atoms with van der Waals surface area (Å²) in [5.74, 6) is 0. The quantitative estimate of drug-likeness (QED) is 0.775. The Kier molecular flexibility index (Phi) is 2.69. The molecule has 2 rings (SSSR count). The highest BCUT2D eigenvalue weighted by Crippen LogP contribution is 2.00. The molecule has 0 unspecified atom stereocenters. The lowest BCUT2D eigenvalue weighted by molar-refractivity contribution is 0.583. The fourth-order valence-electron chi connectivity index (χ4n) is 1.25. The first kappa shape index (κ1) is 9.08. The van der Waals surface area contributed by atoms with E-state index in [-0.39, 0.29) is 0 Å². The molecule has 0 amide bonds. The summed E-state index contributed by atoms with van der Waals surface area (Å²) in [5.41, 5.74) is 1.28. The van der Waals surface area contributed by atoms with Crippen molar-refractivity contribution in [3.05, 3.63) is 40.7 Å². The minimum Gasteiger partial charge on any atom is -0.242 e. The van der Waals surface area contributed by atoms with Gasteiger partial charge in [-0.15, -0.1) is 0 Å². The van der Waals surface area contributed by atoms with Crippen LogP contribution >= 0.6 is 12.2 Å². The van der Waals surface area contributed by atoms with Gasteiger partial charge in [0.2, 0.25) is 4.77 Å². The summed E-state index contributed by atoms with van der Waals surface area (Å²) in [6, 6.07) is 10.2. The van der Waals surface area contributed by atoms with Crippen LogP contribution in [0.15, 0.2) is 30.3 Å². The second kappa shape index (κ2) is 4.15. The molecule has 0 aliphatic carbocycles. The maximum atomic E-state index is 4.96. The van der Waals surface area contributed by atoms with Gasteiger partial charge in [-0.1, -0.05) is 40.6 Å². The van der Waals surface area contributed by atoms with Crippen LogP contribution in [0.5, 0.6) is 0 Å². The van der Waals surface area contributed by atoms with Gasteiger partial charge in [0.1, 0.15) is 0 Å². The van der Waals surface area contributed by atoms with E-state index >= 15 is 0 Å². The van der Waals surface area contributed by atoms with Crippen molar-refractivity contribution in [1.82, 2.24) is 20.2 Å². The van der Waals surface area contributed by atoms with E-state index in [1.165, 1.54) is 5.56 Å². The zero-order chi connectivity index (χ0) is 9.80. The molecule has 0 aliphatic rings. The Labute approximate surface area is 86.6 Å². The lowest BCUT2D eigenvalue weighted by Crippen LogP contribution is -2.03. The standard InChI is InChI=1S/C9H10N4S/c14-9-10-11-12-13(9)7-6-8-4-2-1-3-5-8/h1-5H,6-7H2,(H,10,12,14). The van der Waals surface area contributed by atoms with Crippen molar-refractivity contribution in [2.24, 2.45) is 0 Å². The van der Waals surface area contributed by atoms with Crippen molar-refractivity contribution >= 4 is 12.2 Å². The van der Waals surface area contributed by atoms with Gasteiger partial charge in [0.05, 0.1) is 0 Å². The first-order valence-electron chi connectivity index (χ1n) is 4.38. The van der Waals surface area contributed by atoms with E-state index in [0.717, 1.165) is 13.0 Å². The Balaban J connectivity index is 2.02. The number of nitrogens with zero attached hydrogens (tertiary/aromatic N) is 3. The van der Waals surface area contributed by atoms with E-state index in [2.05, 4.69) is 27.7 Å². The minimum absolute atomic E-state index is 0.501. The molecule has 0 saturated carbocycles. The molecule has 14 heavy (non-hydrogen) atoms. The highest BCUT2D eigenvalue weighted by molar-refractivity contribution is 7.71. The lowest BCUT2D eigenvalue weighted by atomic mass is 10.2. The summed E-state index contributed by atoms with van der Waals surface area (Å²) in [6.07, 6.45) is 0.930. The zero-order valence-electron chi connectivity index (χ0n) is 7.55. The molecule has 1 heterocycles. The molecule has 4 nitrogen and oxygen atoms in total. The summed E-state index contributed by atoms with van der Waals surface area (Å²) in [5, 5.41) is 10.0. The van der Waals surface area contributed by atoms with Crippen LogP contribution in [-0.4, -0.2) is 20.2 Å². The Hall–Kier alpha value is -1.49. The normalized spacial score (nSPS) is 10.3. The van der Waals surface area contributed by atoms with Crippen LogP contribution in [0.25, 0.3) is 0 Å². The van der Waals surface area contributed by atoms with E-state index in [4.69, 9.17) is 12.2 Å². The van der Waals surface area contributed by atoms with E-state index < -0.39 is 0 Å². The lowest BCUT2D eigenvalue weighted by Gasteiger charge is -2.00. The predicted molar refractivity (Wildman–Crippen MR) is 55.4 cm³/mol. The van der Waals surface area contributed by atoms with Gasteiger partial charge < -0.3 is 0 Å². The number of nitrogens with one attached hydrogen (secondary N) is 1. The van der Waals surface area contributed by atoms with Crippen LogP contribution in [0.2, 0.25) is 0 Å². The van der Waals surface area contributed by atoms with E-state index in [0.29, 0.717) is 4.77 Å². The number of tetrazole rings is 1. The molecule has 0 spiro atoms. The van der Waals surface area contributed by atoms with Crippen LogP contribution in [0.1, 0.15) is 5.56 Å². The number of aromatic amines is 1. The molecule has 5 heteroatoms. The summed E-state index contributed by atoms with van der Waals surface area (Å²) >= 11 is 4.96. The van der Waals surface area contributed by atoms with Crippen LogP contribution in [0.3, 0.4) is 0 Å². The van der Waals surface area contributed by atoms with Crippen molar-refractivity contribution in [2.75, 3.05) is 0 Å². The molecule has 0 radical (unpaired) electrons. The highest BCUT2D eigenvalue weighted by atomic mass is 32.1. The maximum Gasteiger partial charge on any atom is 0.238 e. The zero-order valence-corrected chi connectivity index (χ0v) is 8.37. The maximum absolute atomic E-state index is 4.96. The number of hydrogen-bond acceptors (Lipinski definition) is 3. The second-order valence-corrected chi connectivity index (χ2v) is 3.33. The van der Waals surface area contributed by atoms with Crippen molar-refractivity contribution in [1.29, 1.82) is 0 Å². The average molecular weight is 206 g/mol. The molecule has 0 atom stereocenters. The Bertz CT molecular complexity index is 445. The van der Waals surface area contributed by atoms with Crippen molar-refractivity contribution < 1.29 is 0 Å². The van der Waals surface area contributed by atoms with E-state index in [1.807, 2.05) is 18.2 Å². The molecule has 2 aromatic rings. The van der Waals surface area contributed by atoms with Crippen LogP contribution < -0.4 is 0 Å². The molecule has 1 aromatic heterocycles. The Morgan fingerprint density at radius 1 is 1.29 bits per heavy atom. The van der Waals surface area contributed by atoms with Crippen molar-refractivity contribution in [2.45, 2.75) is 13.0 Å². The molecule has 1 aromatic carbocycles. The first-order valence-corrected chi connectivity index (χ1v) is 4.79. The number of aromatic nitrogens is 4. The Morgan fingerprint density at radius 2 is 2.07 bits per heavy atom. The van der Waals surface area contributed by atoms with Gasteiger partial charge in [0.15, 0.2) is 0 Å². The van der Waals surface area contributed by atoms with Gasteiger partial charge in [0.25, 0.3) is 0 Å². The number of rotatable bonds is 3.